The lowest BCUT2D eigenvalue weighted by atomic mass is 10.2. The third kappa shape index (κ3) is 2.54. The fourth-order valence-electron chi connectivity index (χ4n) is 1.66. The van der Waals surface area contributed by atoms with Gasteiger partial charge in [-0.3, -0.25) is 0 Å². The van der Waals surface area contributed by atoms with Gasteiger partial charge in [-0.05, 0) is 18.6 Å². The number of hydrogen-bond donors (Lipinski definition) is 1. The summed E-state index contributed by atoms with van der Waals surface area (Å²) in [6.07, 6.45) is 0. The Labute approximate surface area is 113 Å². The van der Waals surface area contributed by atoms with Crippen molar-refractivity contribution in [2.45, 2.75) is 20.1 Å². The summed E-state index contributed by atoms with van der Waals surface area (Å²) in [6.45, 7) is 2.34. The van der Waals surface area contributed by atoms with Crippen LogP contribution < -0.4 is 0 Å². The molecule has 0 atom stereocenters. The number of halogens is 2. The van der Waals surface area contributed by atoms with E-state index in [-0.39, 0.29) is 6.61 Å². The Bertz CT molecular complexity index is 539. The summed E-state index contributed by atoms with van der Waals surface area (Å²) < 4.78 is 2.72. The van der Waals surface area contributed by atoms with Gasteiger partial charge < -0.3 is 5.11 Å². The molecule has 2 rings (SSSR count). The highest BCUT2D eigenvalue weighted by Gasteiger charge is 2.13. The Kier molecular flexibility index (Phi) is 3.86. The third-order valence-corrected chi connectivity index (χ3v) is 3.82. The van der Waals surface area contributed by atoms with Crippen molar-refractivity contribution in [3.05, 3.63) is 50.7 Å². The summed E-state index contributed by atoms with van der Waals surface area (Å²) in [5, 5.41) is 14.0. The monoisotopic (exact) mass is 314 g/mol. The summed E-state index contributed by atoms with van der Waals surface area (Å²) in [6, 6.07) is 7.92. The summed E-state index contributed by atoms with van der Waals surface area (Å²) in [5.41, 5.74) is 2.56. The van der Waals surface area contributed by atoms with E-state index in [0.717, 1.165) is 15.7 Å². The molecule has 0 saturated heterocycles. The molecule has 0 aliphatic rings. The highest BCUT2D eigenvalue weighted by molar-refractivity contribution is 9.10. The van der Waals surface area contributed by atoms with Crippen LogP contribution in [0.4, 0.5) is 0 Å². The minimum atomic E-state index is -0.0827. The van der Waals surface area contributed by atoms with Crippen LogP contribution in [0.3, 0.4) is 0 Å². The number of hydrogen-bond acceptors (Lipinski definition) is 2. The van der Waals surface area contributed by atoms with Crippen molar-refractivity contribution < 1.29 is 5.11 Å². The average Bonchev–Trinajstić information content (AvgIpc) is 2.57. The zero-order chi connectivity index (χ0) is 12.4. The smallest absolute Gasteiger partial charge is 0.133 e. The van der Waals surface area contributed by atoms with Gasteiger partial charge in [0.15, 0.2) is 0 Å². The van der Waals surface area contributed by atoms with E-state index >= 15 is 0 Å². The molecule has 0 saturated carbocycles. The van der Waals surface area contributed by atoms with E-state index in [1.165, 1.54) is 0 Å². The highest BCUT2D eigenvalue weighted by atomic mass is 79.9. The van der Waals surface area contributed by atoms with Crippen LogP contribution in [-0.2, 0) is 13.2 Å². The number of aromatic nitrogens is 2. The molecule has 1 heterocycles. The number of aryl methyl sites for hydroxylation is 1. The Balaban J connectivity index is 2.34. The fourth-order valence-corrected chi connectivity index (χ4v) is 2.37. The van der Waals surface area contributed by atoms with Crippen LogP contribution in [0.25, 0.3) is 0 Å². The molecule has 0 radical (unpaired) electrons. The van der Waals surface area contributed by atoms with Crippen LogP contribution in [0, 0.1) is 6.92 Å². The second-order valence-corrected chi connectivity index (χ2v) is 4.97. The first kappa shape index (κ1) is 12.6. The quantitative estimate of drug-likeness (QED) is 0.945. The SMILES string of the molecule is Cc1nn(Cc2ccccc2Br)c(Cl)c1CO. The zero-order valence-corrected chi connectivity index (χ0v) is 11.7. The molecule has 1 N–H and O–H groups in total. The average molecular weight is 316 g/mol. The molecule has 1 aromatic carbocycles. The normalized spacial score (nSPS) is 10.8. The zero-order valence-electron chi connectivity index (χ0n) is 9.32. The first-order valence-corrected chi connectivity index (χ1v) is 6.36. The Morgan fingerprint density at radius 2 is 2.12 bits per heavy atom. The molecule has 0 aliphatic carbocycles. The first-order chi connectivity index (χ1) is 8.13. The summed E-state index contributed by atoms with van der Waals surface area (Å²) >= 11 is 9.64. The molecule has 2 aromatic rings. The summed E-state index contributed by atoms with van der Waals surface area (Å²) in [7, 11) is 0. The second kappa shape index (κ2) is 5.21. The maximum atomic E-state index is 9.19. The Morgan fingerprint density at radius 3 is 2.71 bits per heavy atom. The molecular formula is C12H12BrClN2O. The molecule has 1 aromatic heterocycles. The summed E-state index contributed by atoms with van der Waals surface area (Å²) in [5.74, 6) is 0. The molecule has 3 nitrogen and oxygen atoms in total. The number of aliphatic hydroxyl groups excluding tert-OH is 1. The van der Waals surface area contributed by atoms with Gasteiger partial charge in [0.2, 0.25) is 0 Å². The van der Waals surface area contributed by atoms with Crippen molar-refractivity contribution in [1.82, 2.24) is 9.78 Å². The predicted molar refractivity (Wildman–Crippen MR) is 71.1 cm³/mol. The van der Waals surface area contributed by atoms with Gasteiger partial charge in [-0.15, -0.1) is 0 Å². The van der Waals surface area contributed by atoms with E-state index in [0.29, 0.717) is 17.3 Å². The van der Waals surface area contributed by atoms with E-state index < -0.39 is 0 Å². The first-order valence-electron chi connectivity index (χ1n) is 5.19. The van der Waals surface area contributed by atoms with Crippen molar-refractivity contribution in [3.8, 4) is 0 Å². The van der Waals surface area contributed by atoms with Gasteiger partial charge in [-0.25, -0.2) is 4.68 Å². The van der Waals surface area contributed by atoms with E-state index in [4.69, 9.17) is 11.6 Å². The minimum absolute atomic E-state index is 0.0827. The molecule has 0 unspecified atom stereocenters. The van der Waals surface area contributed by atoms with Crippen LogP contribution in [0.1, 0.15) is 16.8 Å². The van der Waals surface area contributed by atoms with Crippen LogP contribution in [0.5, 0.6) is 0 Å². The Hall–Kier alpha value is -0.840. The number of rotatable bonds is 3. The number of aliphatic hydroxyl groups is 1. The van der Waals surface area contributed by atoms with E-state index in [1.807, 2.05) is 31.2 Å². The molecule has 0 bridgehead atoms. The minimum Gasteiger partial charge on any atom is -0.391 e. The lowest BCUT2D eigenvalue weighted by Gasteiger charge is -2.05. The standard InChI is InChI=1S/C12H12BrClN2O/c1-8-10(7-17)12(14)16(15-8)6-9-4-2-3-5-11(9)13/h2-5,17H,6-7H2,1H3. The van der Waals surface area contributed by atoms with Crippen molar-refractivity contribution in [2.24, 2.45) is 0 Å². The van der Waals surface area contributed by atoms with Gasteiger partial charge in [0.1, 0.15) is 5.15 Å². The number of benzene rings is 1. The fraction of sp³-hybridized carbons (Fsp3) is 0.250. The molecule has 17 heavy (non-hydrogen) atoms. The molecule has 90 valence electrons. The van der Waals surface area contributed by atoms with Gasteiger partial charge in [0.25, 0.3) is 0 Å². The lowest BCUT2D eigenvalue weighted by Crippen LogP contribution is -2.02. The van der Waals surface area contributed by atoms with Gasteiger partial charge in [0.05, 0.1) is 18.8 Å². The largest absolute Gasteiger partial charge is 0.391 e. The van der Waals surface area contributed by atoms with Crippen molar-refractivity contribution >= 4 is 27.5 Å². The maximum Gasteiger partial charge on any atom is 0.133 e. The van der Waals surface area contributed by atoms with Crippen LogP contribution in [0.2, 0.25) is 5.15 Å². The van der Waals surface area contributed by atoms with E-state index in [9.17, 15) is 5.11 Å². The maximum absolute atomic E-state index is 9.19. The van der Waals surface area contributed by atoms with Gasteiger partial charge in [-0.1, -0.05) is 45.7 Å². The highest BCUT2D eigenvalue weighted by Crippen LogP contribution is 2.23. The molecule has 0 aliphatic heterocycles. The van der Waals surface area contributed by atoms with Gasteiger partial charge in [-0.2, -0.15) is 5.10 Å². The van der Waals surface area contributed by atoms with E-state index in [2.05, 4.69) is 21.0 Å². The lowest BCUT2D eigenvalue weighted by molar-refractivity contribution is 0.281. The third-order valence-electron chi connectivity index (χ3n) is 2.62. The van der Waals surface area contributed by atoms with Crippen LogP contribution in [0.15, 0.2) is 28.7 Å². The molecule has 0 spiro atoms. The molecular weight excluding hydrogens is 304 g/mol. The van der Waals surface area contributed by atoms with Crippen LogP contribution >= 0.6 is 27.5 Å². The van der Waals surface area contributed by atoms with Crippen molar-refractivity contribution in [1.29, 1.82) is 0 Å². The summed E-state index contributed by atoms with van der Waals surface area (Å²) in [4.78, 5) is 0. The van der Waals surface area contributed by atoms with Gasteiger partial charge in [0, 0.05) is 10.0 Å². The van der Waals surface area contributed by atoms with Crippen LogP contribution in [-0.4, -0.2) is 14.9 Å². The number of nitrogens with zero attached hydrogens (tertiary/aromatic N) is 2. The molecule has 5 heteroatoms. The molecule has 0 fully saturated rings. The molecule has 0 amide bonds. The van der Waals surface area contributed by atoms with Gasteiger partial charge >= 0.3 is 0 Å². The van der Waals surface area contributed by atoms with Crippen molar-refractivity contribution in [2.75, 3.05) is 0 Å². The Morgan fingerprint density at radius 1 is 1.41 bits per heavy atom. The van der Waals surface area contributed by atoms with Crippen molar-refractivity contribution in [3.63, 3.8) is 0 Å². The van der Waals surface area contributed by atoms with E-state index in [1.54, 1.807) is 4.68 Å². The second-order valence-electron chi connectivity index (χ2n) is 3.76. The predicted octanol–water partition coefficient (Wildman–Crippen LogP) is 3.15. The topological polar surface area (TPSA) is 38.0 Å².